The molecule has 1 saturated heterocycles. The normalized spacial score (nSPS) is 18.5. The molecule has 0 aliphatic carbocycles. The van der Waals surface area contributed by atoms with E-state index in [1.165, 1.54) is 5.56 Å². The molecule has 6 heteroatoms. The Labute approximate surface area is 128 Å². The molecule has 110 valence electrons. The summed E-state index contributed by atoms with van der Waals surface area (Å²) in [6.07, 6.45) is 0.491. The average Bonchev–Trinajstić information content (AvgIpc) is 3.05. The largest absolute Gasteiger partial charge is 0.403 e. The summed E-state index contributed by atoms with van der Waals surface area (Å²) < 4.78 is 5.70. The van der Waals surface area contributed by atoms with Gasteiger partial charge in [0.1, 0.15) is 0 Å². The number of carbonyl (C=O) groups is 1. The van der Waals surface area contributed by atoms with Crippen molar-refractivity contribution in [2.75, 3.05) is 17.2 Å². The number of aryl methyl sites for hydroxylation is 2. The highest BCUT2D eigenvalue weighted by atomic mass is 32.1. The van der Waals surface area contributed by atoms with E-state index in [1.807, 2.05) is 26.0 Å². The molecule has 3 rings (SSSR count). The van der Waals surface area contributed by atoms with Crippen LogP contribution in [0, 0.1) is 19.8 Å². The van der Waals surface area contributed by atoms with E-state index in [1.54, 1.807) is 4.90 Å². The highest BCUT2D eigenvalue weighted by Gasteiger charge is 2.33. The number of hydrogen-bond donors (Lipinski definition) is 1. The summed E-state index contributed by atoms with van der Waals surface area (Å²) in [6, 6.07) is 6.31. The Morgan fingerprint density at radius 2 is 2.19 bits per heavy atom. The van der Waals surface area contributed by atoms with Gasteiger partial charge in [0.25, 0.3) is 0 Å². The monoisotopic (exact) mass is 303 g/mol. The van der Waals surface area contributed by atoms with Gasteiger partial charge in [0.15, 0.2) is 0 Å². The van der Waals surface area contributed by atoms with Gasteiger partial charge in [-0.2, -0.15) is 12.6 Å². The molecule has 1 aromatic heterocycles. The van der Waals surface area contributed by atoms with Gasteiger partial charge in [0.05, 0.1) is 0 Å². The first-order chi connectivity index (χ1) is 10.1. The Hall–Kier alpha value is -1.82. The fourth-order valence-electron chi connectivity index (χ4n) is 2.58. The van der Waals surface area contributed by atoms with Crippen LogP contribution in [0.3, 0.4) is 0 Å². The molecule has 0 radical (unpaired) electrons. The van der Waals surface area contributed by atoms with Crippen molar-refractivity contribution in [3.63, 3.8) is 0 Å². The Bertz CT molecular complexity index is 683. The van der Waals surface area contributed by atoms with Crippen molar-refractivity contribution in [2.24, 2.45) is 5.92 Å². The Balaban J connectivity index is 1.88. The summed E-state index contributed by atoms with van der Waals surface area (Å²) in [6.45, 7) is 4.64. The van der Waals surface area contributed by atoms with Crippen LogP contribution in [0.15, 0.2) is 22.6 Å². The van der Waals surface area contributed by atoms with E-state index in [9.17, 15) is 4.79 Å². The predicted octanol–water partition coefficient (Wildman–Crippen LogP) is 2.64. The smallest absolute Gasteiger partial charge is 0.325 e. The SMILES string of the molecule is Cc1ccc(-c2nnc(N3CC(CS)CC3=O)o2)c(C)c1. The van der Waals surface area contributed by atoms with Crippen LogP contribution < -0.4 is 4.90 Å². The number of nitrogens with zero attached hydrogens (tertiary/aromatic N) is 3. The lowest BCUT2D eigenvalue weighted by Gasteiger charge is -2.09. The van der Waals surface area contributed by atoms with Gasteiger partial charge in [-0.3, -0.25) is 9.69 Å². The first kappa shape index (κ1) is 14.1. The second-order valence-electron chi connectivity index (χ2n) is 5.47. The maximum absolute atomic E-state index is 12.0. The third-order valence-electron chi connectivity index (χ3n) is 3.72. The van der Waals surface area contributed by atoms with E-state index >= 15 is 0 Å². The maximum Gasteiger partial charge on any atom is 0.325 e. The van der Waals surface area contributed by atoms with Gasteiger partial charge >= 0.3 is 6.01 Å². The number of carbonyl (C=O) groups excluding carboxylic acids is 1. The molecule has 0 spiro atoms. The fraction of sp³-hybridized carbons (Fsp3) is 0.400. The molecule has 0 saturated carbocycles. The van der Waals surface area contributed by atoms with Crippen LogP contribution in [0.2, 0.25) is 0 Å². The topological polar surface area (TPSA) is 59.2 Å². The summed E-state index contributed by atoms with van der Waals surface area (Å²) >= 11 is 4.25. The molecule has 1 amide bonds. The maximum atomic E-state index is 12.0. The minimum absolute atomic E-state index is 0.0184. The van der Waals surface area contributed by atoms with Crippen LogP contribution >= 0.6 is 12.6 Å². The first-order valence-electron chi connectivity index (χ1n) is 6.91. The summed E-state index contributed by atoms with van der Waals surface area (Å²) in [5, 5.41) is 8.10. The zero-order chi connectivity index (χ0) is 15.0. The number of benzene rings is 1. The second kappa shape index (κ2) is 5.52. The molecule has 1 unspecified atom stereocenters. The van der Waals surface area contributed by atoms with Crippen molar-refractivity contribution >= 4 is 24.6 Å². The van der Waals surface area contributed by atoms with Crippen molar-refractivity contribution < 1.29 is 9.21 Å². The quantitative estimate of drug-likeness (QED) is 0.886. The van der Waals surface area contributed by atoms with Crippen molar-refractivity contribution in [3.05, 3.63) is 29.3 Å². The second-order valence-corrected chi connectivity index (χ2v) is 5.83. The van der Waals surface area contributed by atoms with Gasteiger partial charge in [0, 0.05) is 18.5 Å². The molecule has 1 atom stereocenters. The van der Waals surface area contributed by atoms with Gasteiger partial charge in [-0.1, -0.05) is 22.8 Å². The van der Waals surface area contributed by atoms with Gasteiger partial charge < -0.3 is 4.42 Å². The summed E-state index contributed by atoms with van der Waals surface area (Å²) in [5.74, 6) is 1.40. The average molecular weight is 303 g/mol. The summed E-state index contributed by atoms with van der Waals surface area (Å²) in [4.78, 5) is 13.5. The fourth-order valence-corrected chi connectivity index (χ4v) is 2.82. The highest BCUT2D eigenvalue weighted by molar-refractivity contribution is 7.80. The zero-order valence-corrected chi connectivity index (χ0v) is 12.9. The van der Waals surface area contributed by atoms with Crippen LogP contribution in [-0.2, 0) is 4.79 Å². The Kier molecular flexibility index (Phi) is 3.71. The molecule has 2 heterocycles. The van der Waals surface area contributed by atoms with Crippen LogP contribution in [0.25, 0.3) is 11.5 Å². The van der Waals surface area contributed by atoms with Crippen molar-refractivity contribution in [3.8, 4) is 11.5 Å². The Morgan fingerprint density at radius 3 is 2.86 bits per heavy atom. The minimum atomic E-state index is 0.0184. The molecule has 1 aliphatic rings. The molecular formula is C15H17N3O2S. The molecule has 5 nitrogen and oxygen atoms in total. The lowest BCUT2D eigenvalue weighted by atomic mass is 10.1. The van der Waals surface area contributed by atoms with E-state index in [0.29, 0.717) is 24.6 Å². The molecule has 1 aliphatic heterocycles. The number of thiol groups is 1. The van der Waals surface area contributed by atoms with E-state index in [0.717, 1.165) is 11.1 Å². The van der Waals surface area contributed by atoms with Crippen LogP contribution in [0.5, 0.6) is 0 Å². The number of aromatic nitrogens is 2. The van der Waals surface area contributed by atoms with Crippen molar-refractivity contribution in [2.45, 2.75) is 20.3 Å². The highest BCUT2D eigenvalue weighted by Crippen LogP contribution is 2.29. The van der Waals surface area contributed by atoms with E-state index in [4.69, 9.17) is 4.42 Å². The van der Waals surface area contributed by atoms with Crippen LogP contribution in [0.4, 0.5) is 6.01 Å². The van der Waals surface area contributed by atoms with Crippen LogP contribution in [-0.4, -0.2) is 28.4 Å². The van der Waals surface area contributed by atoms with Gasteiger partial charge in [-0.25, -0.2) is 0 Å². The lowest BCUT2D eigenvalue weighted by molar-refractivity contribution is -0.117. The molecule has 0 bridgehead atoms. The first-order valence-corrected chi connectivity index (χ1v) is 7.54. The number of rotatable bonds is 3. The van der Waals surface area contributed by atoms with Crippen molar-refractivity contribution in [1.82, 2.24) is 10.2 Å². The third-order valence-corrected chi connectivity index (χ3v) is 4.24. The molecule has 2 aromatic rings. The summed E-state index contributed by atoms with van der Waals surface area (Å²) in [5.41, 5.74) is 3.16. The van der Waals surface area contributed by atoms with Crippen LogP contribution in [0.1, 0.15) is 17.5 Å². The minimum Gasteiger partial charge on any atom is -0.403 e. The molecule has 0 N–H and O–H groups in total. The molecule has 21 heavy (non-hydrogen) atoms. The molecule has 1 aromatic carbocycles. The Morgan fingerprint density at radius 1 is 1.38 bits per heavy atom. The molecular weight excluding hydrogens is 286 g/mol. The van der Waals surface area contributed by atoms with Crippen molar-refractivity contribution in [1.29, 1.82) is 0 Å². The lowest BCUT2D eigenvalue weighted by Crippen LogP contribution is -2.24. The zero-order valence-electron chi connectivity index (χ0n) is 12.0. The number of anilines is 1. The summed E-state index contributed by atoms with van der Waals surface area (Å²) in [7, 11) is 0. The number of amides is 1. The third kappa shape index (κ3) is 2.68. The van der Waals surface area contributed by atoms with E-state index < -0.39 is 0 Å². The van der Waals surface area contributed by atoms with E-state index in [2.05, 4.69) is 28.9 Å². The van der Waals surface area contributed by atoms with E-state index in [-0.39, 0.29) is 17.8 Å². The predicted molar refractivity (Wildman–Crippen MR) is 83.5 cm³/mol. The van der Waals surface area contributed by atoms with Gasteiger partial charge in [-0.05, 0) is 37.1 Å². The standard InChI is InChI=1S/C15H17N3O2S/c1-9-3-4-12(10(2)5-9)14-16-17-15(20-14)18-7-11(8-21)6-13(18)19/h3-5,11,21H,6-8H2,1-2H3. The number of hydrogen-bond acceptors (Lipinski definition) is 5. The van der Waals surface area contributed by atoms with Gasteiger partial charge in [0.2, 0.25) is 11.8 Å². The molecule has 1 fully saturated rings. The van der Waals surface area contributed by atoms with Gasteiger partial charge in [-0.15, -0.1) is 5.10 Å².